The van der Waals surface area contributed by atoms with Gasteiger partial charge in [0.05, 0.1) is 5.92 Å². The lowest BCUT2D eigenvalue weighted by Gasteiger charge is -2.38. The van der Waals surface area contributed by atoms with Crippen LogP contribution < -0.4 is 0 Å². The molecule has 0 heterocycles. The van der Waals surface area contributed by atoms with Crippen LogP contribution in [-0.2, 0) is 9.59 Å². The zero-order valence-electron chi connectivity index (χ0n) is 10.2. The van der Waals surface area contributed by atoms with Crippen LogP contribution in [-0.4, -0.2) is 22.2 Å². The summed E-state index contributed by atoms with van der Waals surface area (Å²) in [7, 11) is 0. The molecule has 0 aromatic heterocycles. The number of aliphatic carboxylic acids is 2. The minimum Gasteiger partial charge on any atom is -0.481 e. The Kier molecular flexibility index (Phi) is 4.48. The summed E-state index contributed by atoms with van der Waals surface area (Å²) < 4.78 is 0. The lowest BCUT2D eigenvalue weighted by atomic mass is 9.62. The van der Waals surface area contributed by atoms with E-state index in [0.29, 0.717) is 12.8 Å². The molecular weight excluding hydrogens is 232 g/mol. The first kappa shape index (κ1) is 14.2. The molecule has 3 unspecified atom stereocenters. The summed E-state index contributed by atoms with van der Waals surface area (Å²) in [6.45, 7) is 7.14. The van der Waals surface area contributed by atoms with Gasteiger partial charge in [-0.1, -0.05) is 24.3 Å². The van der Waals surface area contributed by atoms with Crippen LogP contribution in [0.4, 0.5) is 0 Å². The van der Waals surface area contributed by atoms with Crippen molar-refractivity contribution in [2.75, 3.05) is 0 Å². The number of allylic oxidation sites excluding steroid dienone is 3. The first-order valence-electron chi connectivity index (χ1n) is 5.85. The SMILES string of the molecule is C=CCC1CC=CC(CC=C)(C(=O)O)C1C(=O)O. The number of rotatable bonds is 6. The maximum absolute atomic E-state index is 11.5. The summed E-state index contributed by atoms with van der Waals surface area (Å²) in [4.78, 5) is 23.0. The highest BCUT2D eigenvalue weighted by atomic mass is 16.4. The maximum atomic E-state index is 11.5. The van der Waals surface area contributed by atoms with Gasteiger partial charge >= 0.3 is 11.9 Å². The minimum absolute atomic E-state index is 0.115. The number of carboxylic acids is 2. The molecule has 2 N–H and O–H groups in total. The van der Waals surface area contributed by atoms with Gasteiger partial charge in [-0.2, -0.15) is 0 Å². The van der Waals surface area contributed by atoms with E-state index in [2.05, 4.69) is 13.2 Å². The zero-order chi connectivity index (χ0) is 13.8. The first-order chi connectivity index (χ1) is 8.49. The van der Waals surface area contributed by atoms with Crippen LogP contribution in [0.2, 0.25) is 0 Å². The normalized spacial score (nSPS) is 30.7. The molecule has 3 atom stereocenters. The summed E-state index contributed by atoms with van der Waals surface area (Å²) in [5, 5.41) is 18.8. The zero-order valence-corrected chi connectivity index (χ0v) is 10.2. The maximum Gasteiger partial charge on any atom is 0.314 e. The van der Waals surface area contributed by atoms with E-state index in [0.717, 1.165) is 0 Å². The molecule has 0 aromatic rings. The summed E-state index contributed by atoms with van der Waals surface area (Å²) >= 11 is 0. The van der Waals surface area contributed by atoms with Crippen LogP contribution in [0, 0.1) is 17.3 Å². The van der Waals surface area contributed by atoms with Crippen molar-refractivity contribution in [2.45, 2.75) is 19.3 Å². The van der Waals surface area contributed by atoms with Crippen molar-refractivity contribution in [3.63, 3.8) is 0 Å². The predicted octanol–water partition coefficient (Wildman–Crippen LogP) is 2.49. The quantitative estimate of drug-likeness (QED) is 0.710. The molecule has 1 aliphatic carbocycles. The topological polar surface area (TPSA) is 74.6 Å². The molecule has 98 valence electrons. The molecule has 0 saturated heterocycles. The molecule has 1 rings (SSSR count). The van der Waals surface area contributed by atoms with Gasteiger partial charge in [0.2, 0.25) is 0 Å². The second-order valence-corrected chi connectivity index (χ2v) is 4.58. The summed E-state index contributed by atoms with van der Waals surface area (Å²) in [6, 6.07) is 0. The average molecular weight is 250 g/mol. The fourth-order valence-corrected chi connectivity index (χ4v) is 2.71. The third kappa shape index (κ3) is 2.37. The van der Waals surface area contributed by atoms with Crippen molar-refractivity contribution in [2.24, 2.45) is 17.3 Å². The Balaban J connectivity index is 3.27. The Morgan fingerprint density at radius 1 is 1.33 bits per heavy atom. The second kappa shape index (κ2) is 5.67. The van der Waals surface area contributed by atoms with Crippen molar-refractivity contribution in [1.29, 1.82) is 0 Å². The molecular formula is C14H18O4. The van der Waals surface area contributed by atoms with E-state index in [1.54, 1.807) is 12.2 Å². The smallest absolute Gasteiger partial charge is 0.314 e. The van der Waals surface area contributed by atoms with Gasteiger partial charge < -0.3 is 10.2 Å². The fourth-order valence-electron chi connectivity index (χ4n) is 2.71. The summed E-state index contributed by atoms with van der Waals surface area (Å²) in [5.74, 6) is -3.37. The molecule has 0 saturated carbocycles. The lowest BCUT2D eigenvalue weighted by molar-refractivity contribution is -0.162. The van der Waals surface area contributed by atoms with Gasteiger partial charge in [-0.05, 0) is 25.2 Å². The molecule has 0 spiro atoms. The van der Waals surface area contributed by atoms with E-state index in [1.807, 2.05) is 0 Å². The molecule has 4 nitrogen and oxygen atoms in total. The fraction of sp³-hybridized carbons (Fsp3) is 0.429. The summed E-state index contributed by atoms with van der Waals surface area (Å²) in [6.07, 6.45) is 7.54. The molecule has 0 bridgehead atoms. The van der Waals surface area contributed by atoms with Crippen molar-refractivity contribution in [1.82, 2.24) is 0 Å². The number of hydrogen-bond acceptors (Lipinski definition) is 2. The van der Waals surface area contributed by atoms with Crippen molar-refractivity contribution >= 4 is 11.9 Å². The Morgan fingerprint density at radius 2 is 2.00 bits per heavy atom. The Labute approximate surface area is 106 Å². The lowest BCUT2D eigenvalue weighted by Crippen LogP contribution is -2.46. The Morgan fingerprint density at radius 3 is 2.44 bits per heavy atom. The third-order valence-corrected chi connectivity index (χ3v) is 3.50. The van der Waals surface area contributed by atoms with Crippen LogP contribution in [0.25, 0.3) is 0 Å². The van der Waals surface area contributed by atoms with Gasteiger partial charge in [0.15, 0.2) is 0 Å². The standard InChI is InChI=1S/C14H18O4/c1-3-6-10-7-5-9-14(8-4-2,13(17)18)11(10)12(15)16/h3-5,9-11H,1-2,6-8H2,(H,15,16)(H,17,18). The molecule has 0 amide bonds. The van der Waals surface area contributed by atoms with Crippen molar-refractivity contribution in [3.8, 4) is 0 Å². The molecule has 0 aromatic carbocycles. The van der Waals surface area contributed by atoms with E-state index >= 15 is 0 Å². The monoisotopic (exact) mass is 250 g/mol. The highest BCUT2D eigenvalue weighted by molar-refractivity contribution is 5.86. The highest BCUT2D eigenvalue weighted by Gasteiger charge is 2.51. The van der Waals surface area contributed by atoms with Gasteiger partial charge in [0.25, 0.3) is 0 Å². The largest absolute Gasteiger partial charge is 0.481 e. The van der Waals surface area contributed by atoms with Crippen LogP contribution in [0.3, 0.4) is 0 Å². The third-order valence-electron chi connectivity index (χ3n) is 3.50. The van der Waals surface area contributed by atoms with E-state index < -0.39 is 23.3 Å². The van der Waals surface area contributed by atoms with Gasteiger partial charge in [-0.3, -0.25) is 9.59 Å². The predicted molar refractivity (Wildman–Crippen MR) is 68.1 cm³/mol. The van der Waals surface area contributed by atoms with Crippen molar-refractivity contribution in [3.05, 3.63) is 37.5 Å². The van der Waals surface area contributed by atoms with E-state index in [9.17, 15) is 19.8 Å². The molecule has 0 aliphatic heterocycles. The van der Waals surface area contributed by atoms with Gasteiger partial charge in [0, 0.05) is 0 Å². The number of carbonyl (C=O) groups is 2. The number of hydrogen-bond donors (Lipinski definition) is 2. The molecule has 0 radical (unpaired) electrons. The average Bonchev–Trinajstić information content (AvgIpc) is 2.29. The van der Waals surface area contributed by atoms with E-state index in [-0.39, 0.29) is 12.3 Å². The van der Waals surface area contributed by atoms with Crippen LogP contribution in [0.1, 0.15) is 19.3 Å². The summed E-state index contributed by atoms with van der Waals surface area (Å²) in [5.41, 5.74) is -1.39. The van der Waals surface area contributed by atoms with Crippen LogP contribution >= 0.6 is 0 Å². The Hall–Kier alpha value is -1.84. The molecule has 0 fully saturated rings. The van der Waals surface area contributed by atoms with E-state index in [4.69, 9.17) is 0 Å². The first-order valence-corrected chi connectivity index (χ1v) is 5.85. The van der Waals surface area contributed by atoms with Gasteiger partial charge in [-0.15, -0.1) is 13.2 Å². The molecule has 18 heavy (non-hydrogen) atoms. The molecule has 4 heteroatoms. The highest BCUT2D eigenvalue weighted by Crippen LogP contribution is 2.45. The van der Waals surface area contributed by atoms with E-state index in [1.165, 1.54) is 12.2 Å². The van der Waals surface area contributed by atoms with Gasteiger partial charge in [0.1, 0.15) is 5.41 Å². The van der Waals surface area contributed by atoms with Crippen LogP contribution in [0.15, 0.2) is 37.5 Å². The molecule has 1 aliphatic rings. The second-order valence-electron chi connectivity index (χ2n) is 4.58. The van der Waals surface area contributed by atoms with Crippen molar-refractivity contribution < 1.29 is 19.8 Å². The Bertz CT molecular complexity index is 397. The van der Waals surface area contributed by atoms with Crippen LogP contribution in [0.5, 0.6) is 0 Å². The minimum atomic E-state index is -1.39. The number of carboxylic acid groups (broad SMARTS) is 2. The van der Waals surface area contributed by atoms with Gasteiger partial charge in [-0.25, -0.2) is 0 Å².